The number of carbonyl (C=O) groups is 3. The number of nitrogens with two attached hydrogens (primary N) is 1. The smallest absolute Gasteiger partial charge is 0.254 e. The lowest BCUT2D eigenvalue weighted by Crippen LogP contribution is -2.81. The highest BCUT2D eigenvalue weighted by Crippen LogP contribution is 2.39. The Hall–Kier alpha value is -3.50. The molecule has 2 aromatic rings. The average molecular weight is 621 g/mol. The average Bonchev–Trinajstić information content (AvgIpc) is 3.61. The number of quaternary nitrogens is 1. The van der Waals surface area contributed by atoms with Crippen molar-refractivity contribution >= 4 is 23.4 Å². The summed E-state index contributed by atoms with van der Waals surface area (Å²) in [5, 5.41) is 5.54. The van der Waals surface area contributed by atoms with Crippen LogP contribution in [0.1, 0.15) is 83.6 Å². The molecule has 10 heteroatoms. The Labute approximate surface area is 265 Å². The van der Waals surface area contributed by atoms with Gasteiger partial charge in [-0.2, -0.15) is 0 Å². The lowest BCUT2D eigenvalue weighted by molar-refractivity contribution is -0.638. The molecule has 0 bridgehead atoms. The minimum absolute atomic E-state index is 0.0361. The molecule has 1 saturated carbocycles. The Bertz CT molecular complexity index is 1380. The number of rotatable bonds is 7. The number of ether oxygens (including phenoxy) is 1. The summed E-state index contributed by atoms with van der Waals surface area (Å²) in [5.74, 6) is 0.274. The van der Waals surface area contributed by atoms with E-state index in [4.69, 9.17) is 4.74 Å². The summed E-state index contributed by atoms with van der Waals surface area (Å²) in [6.45, 7) is 5.14. The van der Waals surface area contributed by atoms with Gasteiger partial charge >= 0.3 is 0 Å². The molecule has 3 N–H and O–H groups in total. The van der Waals surface area contributed by atoms with Gasteiger partial charge in [-0.25, -0.2) is 4.39 Å². The molecule has 3 amide bonds. The van der Waals surface area contributed by atoms with Gasteiger partial charge in [0.25, 0.3) is 11.8 Å². The van der Waals surface area contributed by atoms with Gasteiger partial charge in [-0.15, -0.1) is 0 Å². The Morgan fingerprint density at radius 1 is 0.867 bits per heavy atom. The highest BCUT2D eigenvalue weighted by molar-refractivity contribution is 5.99. The quantitative estimate of drug-likeness (QED) is 0.496. The maximum Gasteiger partial charge on any atom is 0.254 e. The standard InChI is InChI=1S/C35H46FN5O4/c1-39(33(42)25-9-12-37-13-10-25)29-20-27(19-28(36)22-29)35(44)41-17-15-40(16-18-41)34(43)26-7-8-32(45-30-11-14-38-23-30)31(21-26)24-5-3-2-4-6-24/h7-8,19-22,24-25,30,37-38H,2-6,9-18,23H2,1H3/p+1. The molecule has 4 fully saturated rings. The fourth-order valence-electron chi connectivity index (χ4n) is 7.37. The van der Waals surface area contributed by atoms with E-state index in [1.165, 1.54) is 36.3 Å². The van der Waals surface area contributed by atoms with E-state index in [9.17, 15) is 18.8 Å². The summed E-state index contributed by atoms with van der Waals surface area (Å²) in [6.07, 6.45) is 8.64. The van der Waals surface area contributed by atoms with Crippen LogP contribution in [0.2, 0.25) is 0 Å². The lowest BCUT2D eigenvalue weighted by atomic mass is 9.83. The van der Waals surface area contributed by atoms with Crippen molar-refractivity contribution in [3.8, 4) is 5.75 Å². The van der Waals surface area contributed by atoms with E-state index in [2.05, 4.69) is 16.7 Å². The number of carbonyl (C=O) groups excluding carboxylic acids is 3. The van der Waals surface area contributed by atoms with Gasteiger partial charge in [-0.05, 0) is 86.7 Å². The van der Waals surface area contributed by atoms with Crippen LogP contribution in [0.3, 0.4) is 0 Å². The molecule has 0 aromatic heterocycles. The second-order valence-corrected chi connectivity index (χ2v) is 13.1. The van der Waals surface area contributed by atoms with Crippen molar-refractivity contribution in [1.82, 2.24) is 15.1 Å². The van der Waals surface area contributed by atoms with E-state index >= 15 is 0 Å². The Morgan fingerprint density at radius 3 is 2.22 bits per heavy atom. The van der Waals surface area contributed by atoms with Gasteiger partial charge in [0, 0.05) is 62.4 Å². The molecule has 9 nitrogen and oxygen atoms in total. The Balaban J connectivity index is 1.10. The van der Waals surface area contributed by atoms with Crippen LogP contribution in [-0.4, -0.2) is 93.0 Å². The van der Waals surface area contributed by atoms with Crippen LogP contribution < -0.4 is 20.3 Å². The molecule has 2 aromatic carbocycles. The number of hydrogen-bond acceptors (Lipinski definition) is 5. The molecular formula is C35H47FN5O4+. The second kappa shape index (κ2) is 14.3. The van der Waals surface area contributed by atoms with Crippen molar-refractivity contribution in [1.29, 1.82) is 0 Å². The number of nitrogens with zero attached hydrogens (tertiary/aromatic N) is 3. The highest BCUT2D eigenvalue weighted by Gasteiger charge is 2.30. The van der Waals surface area contributed by atoms with Crippen molar-refractivity contribution in [2.45, 2.75) is 63.4 Å². The molecule has 0 radical (unpaired) electrons. The van der Waals surface area contributed by atoms with Crippen LogP contribution >= 0.6 is 0 Å². The number of benzene rings is 2. The van der Waals surface area contributed by atoms with Crippen LogP contribution in [-0.2, 0) is 4.79 Å². The number of anilines is 1. The molecule has 1 unspecified atom stereocenters. The van der Waals surface area contributed by atoms with E-state index in [-0.39, 0.29) is 35.3 Å². The first-order valence-corrected chi connectivity index (χ1v) is 16.9. The summed E-state index contributed by atoms with van der Waals surface area (Å²) in [6, 6.07) is 10.1. The molecule has 3 heterocycles. The maximum atomic E-state index is 14.7. The van der Waals surface area contributed by atoms with Gasteiger partial charge in [0.2, 0.25) is 5.91 Å². The van der Waals surface area contributed by atoms with E-state index < -0.39 is 5.82 Å². The predicted molar refractivity (Wildman–Crippen MR) is 170 cm³/mol. The maximum absolute atomic E-state index is 14.7. The molecule has 45 heavy (non-hydrogen) atoms. The molecule has 3 saturated heterocycles. The van der Waals surface area contributed by atoms with Crippen LogP contribution in [0, 0.1) is 11.7 Å². The van der Waals surface area contributed by atoms with Gasteiger partial charge in [0.1, 0.15) is 18.1 Å². The summed E-state index contributed by atoms with van der Waals surface area (Å²) in [5.41, 5.74) is 2.41. The number of amides is 3. The number of nitrogens with one attached hydrogen (secondary N) is 1. The molecule has 4 aliphatic rings. The van der Waals surface area contributed by atoms with Gasteiger partial charge in [-0.1, -0.05) is 19.3 Å². The number of halogens is 1. The third-order valence-corrected chi connectivity index (χ3v) is 10.1. The van der Waals surface area contributed by atoms with Gasteiger partial charge in [0.15, 0.2) is 6.10 Å². The number of piperazine rings is 1. The van der Waals surface area contributed by atoms with Crippen molar-refractivity contribution in [3.63, 3.8) is 0 Å². The molecule has 1 atom stereocenters. The van der Waals surface area contributed by atoms with Gasteiger partial charge < -0.3 is 30.1 Å². The van der Waals surface area contributed by atoms with Crippen molar-refractivity contribution in [2.24, 2.45) is 5.92 Å². The summed E-state index contributed by atoms with van der Waals surface area (Å²) in [4.78, 5) is 45.1. The van der Waals surface area contributed by atoms with Crippen molar-refractivity contribution < 1.29 is 28.8 Å². The minimum atomic E-state index is -0.554. The molecule has 1 aliphatic carbocycles. The van der Waals surface area contributed by atoms with Gasteiger partial charge in [0.05, 0.1) is 6.54 Å². The van der Waals surface area contributed by atoms with Gasteiger partial charge in [-0.3, -0.25) is 14.4 Å². The number of hydrogen-bond donors (Lipinski definition) is 2. The summed E-state index contributed by atoms with van der Waals surface area (Å²) in [7, 11) is 1.64. The Morgan fingerprint density at radius 2 is 1.56 bits per heavy atom. The topological polar surface area (TPSA) is 98.8 Å². The van der Waals surface area contributed by atoms with Crippen LogP contribution in [0.4, 0.5) is 10.1 Å². The fraction of sp³-hybridized carbons (Fsp3) is 0.571. The first-order chi connectivity index (χ1) is 21.9. The van der Waals surface area contributed by atoms with Crippen LogP contribution in [0.25, 0.3) is 0 Å². The molecule has 0 spiro atoms. The monoisotopic (exact) mass is 620 g/mol. The first-order valence-electron chi connectivity index (χ1n) is 16.9. The molecule has 6 rings (SSSR count). The fourth-order valence-corrected chi connectivity index (χ4v) is 7.37. The zero-order chi connectivity index (χ0) is 31.3. The van der Waals surface area contributed by atoms with Crippen molar-refractivity contribution in [2.75, 3.05) is 64.3 Å². The molecule has 3 aliphatic heterocycles. The SMILES string of the molecule is CN(C(=O)C1CCNCC1)c1cc(F)cc(C(=O)N2CCN(C(=O)c3ccc(OC4CC[NH2+]C4)c(C4CCCCC4)c3)CC2)c1. The second-order valence-electron chi connectivity index (χ2n) is 13.1. The van der Waals surface area contributed by atoms with E-state index in [0.717, 1.165) is 69.6 Å². The molecule has 242 valence electrons. The molecular weight excluding hydrogens is 573 g/mol. The van der Waals surface area contributed by atoms with E-state index in [1.807, 2.05) is 12.1 Å². The van der Waals surface area contributed by atoms with E-state index in [0.29, 0.717) is 43.3 Å². The first kappa shape index (κ1) is 31.5. The highest BCUT2D eigenvalue weighted by atomic mass is 19.1. The Kier molecular flexibility index (Phi) is 10.00. The normalized spacial score (nSPS) is 21.5. The van der Waals surface area contributed by atoms with Crippen LogP contribution in [0.15, 0.2) is 36.4 Å². The predicted octanol–water partition coefficient (Wildman–Crippen LogP) is 3.15. The number of piperidine rings is 1. The summed E-state index contributed by atoms with van der Waals surface area (Å²) < 4.78 is 21.1. The van der Waals surface area contributed by atoms with Crippen molar-refractivity contribution in [3.05, 3.63) is 58.9 Å². The largest absolute Gasteiger partial charge is 0.484 e. The minimum Gasteiger partial charge on any atom is -0.484 e. The third-order valence-electron chi connectivity index (χ3n) is 10.1. The lowest BCUT2D eigenvalue weighted by Gasteiger charge is -2.35. The van der Waals surface area contributed by atoms with E-state index in [1.54, 1.807) is 22.9 Å². The van der Waals surface area contributed by atoms with Crippen LogP contribution in [0.5, 0.6) is 5.75 Å². The third kappa shape index (κ3) is 7.33. The summed E-state index contributed by atoms with van der Waals surface area (Å²) >= 11 is 0. The zero-order valence-electron chi connectivity index (χ0n) is 26.4. The zero-order valence-corrected chi connectivity index (χ0v) is 26.4.